The molecule has 102 valence electrons. The van der Waals surface area contributed by atoms with Gasteiger partial charge >= 0.3 is 5.97 Å². The van der Waals surface area contributed by atoms with E-state index in [9.17, 15) is 4.79 Å². The number of carbonyl (C=O) groups is 1. The molecule has 0 aliphatic carbocycles. The van der Waals surface area contributed by atoms with Gasteiger partial charge in [-0.1, -0.05) is 25.1 Å². The number of esters is 1. The SMILES string of the molecule is COC(=O)CC(C)(CN)c1ccccc1OC.Cl. The number of rotatable bonds is 5. The molecule has 0 fully saturated rings. The smallest absolute Gasteiger partial charge is 0.306 e. The highest BCUT2D eigenvalue weighted by molar-refractivity contribution is 5.85. The Labute approximate surface area is 114 Å². The molecule has 2 N–H and O–H groups in total. The molecule has 1 rings (SSSR count). The van der Waals surface area contributed by atoms with Gasteiger partial charge in [0.25, 0.3) is 0 Å². The summed E-state index contributed by atoms with van der Waals surface area (Å²) < 4.78 is 10.0. The van der Waals surface area contributed by atoms with Crippen molar-refractivity contribution in [1.29, 1.82) is 0 Å². The third-order valence-electron chi connectivity index (χ3n) is 2.97. The molecule has 0 heterocycles. The summed E-state index contributed by atoms with van der Waals surface area (Å²) in [4.78, 5) is 11.4. The number of benzene rings is 1. The molecule has 0 spiro atoms. The summed E-state index contributed by atoms with van der Waals surface area (Å²) in [6, 6.07) is 7.58. The first-order valence-corrected chi connectivity index (χ1v) is 5.48. The van der Waals surface area contributed by atoms with Gasteiger partial charge in [0.05, 0.1) is 20.6 Å². The van der Waals surface area contributed by atoms with Crippen LogP contribution in [-0.2, 0) is 14.9 Å². The summed E-state index contributed by atoms with van der Waals surface area (Å²) in [6.07, 6.45) is 0.236. The van der Waals surface area contributed by atoms with Crippen molar-refractivity contribution >= 4 is 18.4 Å². The number of hydrogen-bond acceptors (Lipinski definition) is 4. The lowest BCUT2D eigenvalue weighted by Crippen LogP contribution is -2.35. The van der Waals surface area contributed by atoms with Crippen LogP contribution in [0.5, 0.6) is 5.75 Å². The predicted octanol–water partition coefficient (Wildman–Crippen LogP) is 1.90. The molecule has 18 heavy (non-hydrogen) atoms. The molecule has 1 aromatic carbocycles. The number of methoxy groups -OCH3 is 2. The van der Waals surface area contributed by atoms with Crippen LogP contribution in [0.15, 0.2) is 24.3 Å². The van der Waals surface area contributed by atoms with Crippen LogP contribution in [0.1, 0.15) is 18.9 Å². The molecule has 0 aromatic heterocycles. The highest BCUT2D eigenvalue weighted by atomic mass is 35.5. The Bertz CT molecular complexity index is 398. The summed E-state index contributed by atoms with van der Waals surface area (Å²) in [7, 11) is 2.98. The van der Waals surface area contributed by atoms with E-state index >= 15 is 0 Å². The molecule has 0 amide bonds. The lowest BCUT2D eigenvalue weighted by atomic mass is 9.79. The molecule has 1 atom stereocenters. The molecule has 1 aromatic rings. The Hall–Kier alpha value is -1.26. The molecule has 0 saturated heterocycles. The average Bonchev–Trinajstić information content (AvgIpc) is 2.38. The highest BCUT2D eigenvalue weighted by Crippen LogP contribution is 2.33. The van der Waals surface area contributed by atoms with Crippen LogP contribution in [0.2, 0.25) is 0 Å². The van der Waals surface area contributed by atoms with E-state index in [1.165, 1.54) is 7.11 Å². The first-order chi connectivity index (χ1) is 8.07. The number of ether oxygens (including phenoxy) is 2. The Balaban J connectivity index is 0.00000289. The number of hydrogen-bond donors (Lipinski definition) is 1. The van der Waals surface area contributed by atoms with Crippen molar-refractivity contribution in [2.24, 2.45) is 5.73 Å². The summed E-state index contributed by atoms with van der Waals surface area (Å²) in [5.41, 5.74) is 6.26. The van der Waals surface area contributed by atoms with Crippen LogP contribution < -0.4 is 10.5 Å². The largest absolute Gasteiger partial charge is 0.496 e. The van der Waals surface area contributed by atoms with Gasteiger partial charge in [-0.2, -0.15) is 0 Å². The van der Waals surface area contributed by atoms with Gasteiger partial charge in [0.1, 0.15) is 5.75 Å². The van der Waals surface area contributed by atoms with E-state index < -0.39 is 5.41 Å². The van der Waals surface area contributed by atoms with Crippen LogP contribution in [0.25, 0.3) is 0 Å². The van der Waals surface area contributed by atoms with Gasteiger partial charge in [0.2, 0.25) is 0 Å². The maximum Gasteiger partial charge on any atom is 0.306 e. The number of para-hydroxylation sites is 1. The Kier molecular flexibility index (Phi) is 6.73. The van der Waals surface area contributed by atoms with Crippen LogP contribution in [-0.4, -0.2) is 26.7 Å². The highest BCUT2D eigenvalue weighted by Gasteiger charge is 2.31. The summed E-state index contributed by atoms with van der Waals surface area (Å²) >= 11 is 0. The third kappa shape index (κ3) is 3.62. The van der Waals surface area contributed by atoms with E-state index in [-0.39, 0.29) is 24.8 Å². The van der Waals surface area contributed by atoms with Crippen molar-refractivity contribution in [3.05, 3.63) is 29.8 Å². The standard InChI is InChI=1S/C13H19NO3.ClH/c1-13(9-14,8-12(15)17-3)10-6-4-5-7-11(10)16-2;/h4-7H,8-9,14H2,1-3H3;1H. The first-order valence-electron chi connectivity index (χ1n) is 5.48. The molecular formula is C13H20ClNO3. The van der Waals surface area contributed by atoms with E-state index in [0.29, 0.717) is 6.54 Å². The molecule has 0 saturated carbocycles. The fraction of sp³-hybridized carbons (Fsp3) is 0.462. The van der Waals surface area contributed by atoms with Crippen LogP contribution in [0, 0.1) is 0 Å². The monoisotopic (exact) mass is 273 g/mol. The summed E-state index contributed by atoms with van der Waals surface area (Å²) in [5.74, 6) is 0.466. The van der Waals surface area contributed by atoms with Crippen LogP contribution >= 0.6 is 12.4 Å². The first kappa shape index (κ1) is 16.7. The Morgan fingerprint density at radius 3 is 2.44 bits per heavy atom. The van der Waals surface area contributed by atoms with E-state index in [4.69, 9.17) is 15.2 Å². The maximum atomic E-state index is 11.4. The normalized spacial score (nSPS) is 13.1. The molecule has 0 aliphatic heterocycles. The minimum absolute atomic E-state index is 0. The second-order valence-corrected chi connectivity index (χ2v) is 4.22. The van der Waals surface area contributed by atoms with E-state index in [1.807, 2.05) is 31.2 Å². The average molecular weight is 274 g/mol. The fourth-order valence-corrected chi connectivity index (χ4v) is 1.81. The predicted molar refractivity (Wildman–Crippen MR) is 73.3 cm³/mol. The number of halogens is 1. The van der Waals surface area contributed by atoms with Gasteiger partial charge in [0, 0.05) is 17.5 Å². The van der Waals surface area contributed by atoms with Gasteiger partial charge < -0.3 is 15.2 Å². The molecular weight excluding hydrogens is 254 g/mol. The van der Waals surface area contributed by atoms with E-state index in [0.717, 1.165) is 11.3 Å². The second kappa shape index (κ2) is 7.24. The summed E-state index contributed by atoms with van der Waals surface area (Å²) in [6.45, 7) is 2.28. The van der Waals surface area contributed by atoms with Crippen molar-refractivity contribution in [3.63, 3.8) is 0 Å². The van der Waals surface area contributed by atoms with Crippen molar-refractivity contribution in [3.8, 4) is 5.75 Å². The van der Waals surface area contributed by atoms with Crippen molar-refractivity contribution in [1.82, 2.24) is 0 Å². The number of carbonyl (C=O) groups excluding carboxylic acids is 1. The van der Waals surface area contributed by atoms with Gasteiger partial charge in [-0.15, -0.1) is 12.4 Å². The van der Waals surface area contributed by atoms with E-state index in [1.54, 1.807) is 7.11 Å². The minimum Gasteiger partial charge on any atom is -0.496 e. The quantitative estimate of drug-likeness (QED) is 0.833. The topological polar surface area (TPSA) is 61.5 Å². The van der Waals surface area contributed by atoms with Crippen molar-refractivity contribution < 1.29 is 14.3 Å². The van der Waals surface area contributed by atoms with Crippen molar-refractivity contribution in [2.45, 2.75) is 18.8 Å². The van der Waals surface area contributed by atoms with Gasteiger partial charge in [0.15, 0.2) is 0 Å². The lowest BCUT2D eigenvalue weighted by molar-refractivity contribution is -0.141. The minimum atomic E-state index is -0.473. The zero-order chi connectivity index (χ0) is 12.9. The molecule has 0 radical (unpaired) electrons. The number of nitrogens with two attached hydrogens (primary N) is 1. The van der Waals surface area contributed by atoms with Crippen LogP contribution in [0.3, 0.4) is 0 Å². The fourth-order valence-electron chi connectivity index (χ4n) is 1.81. The van der Waals surface area contributed by atoms with Crippen molar-refractivity contribution in [2.75, 3.05) is 20.8 Å². The molecule has 0 bridgehead atoms. The van der Waals surface area contributed by atoms with Gasteiger partial charge in [-0.3, -0.25) is 4.79 Å². The molecule has 0 aliphatic rings. The van der Waals surface area contributed by atoms with Gasteiger partial charge in [-0.25, -0.2) is 0 Å². The van der Waals surface area contributed by atoms with Gasteiger partial charge in [-0.05, 0) is 6.07 Å². The second-order valence-electron chi connectivity index (χ2n) is 4.22. The molecule has 4 nitrogen and oxygen atoms in total. The summed E-state index contributed by atoms with van der Waals surface area (Å²) in [5, 5.41) is 0. The molecule has 1 unspecified atom stereocenters. The Morgan fingerprint density at radius 2 is 1.94 bits per heavy atom. The Morgan fingerprint density at radius 1 is 1.33 bits per heavy atom. The van der Waals surface area contributed by atoms with E-state index in [2.05, 4.69) is 0 Å². The zero-order valence-electron chi connectivity index (χ0n) is 10.9. The maximum absolute atomic E-state index is 11.4. The zero-order valence-corrected chi connectivity index (χ0v) is 11.8. The lowest BCUT2D eigenvalue weighted by Gasteiger charge is -2.28. The molecule has 5 heteroatoms. The third-order valence-corrected chi connectivity index (χ3v) is 2.97. The van der Waals surface area contributed by atoms with Crippen LogP contribution in [0.4, 0.5) is 0 Å².